The third-order valence-electron chi connectivity index (χ3n) is 4.06. The second-order valence-electron chi connectivity index (χ2n) is 5.39. The van der Waals surface area contributed by atoms with Crippen LogP contribution in [0.1, 0.15) is 32.3 Å². The highest BCUT2D eigenvalue weighted by atomic mass is 32.2. The van der Waals surface area contributed by atoms with Gasteiger partial charge in [0.2, 0.25) is 0 Å². The van der Waals surface area contributed by atoms with Gasteiger partial charge in [-0.15, -0.1) is 0 Å². The normalized spacial score (nSPS) is 11.6. The first-order valence-corrected chi connectivity index (χ1v) is 8.77. The minimum atomic E-state index is -0.329. The Morgan fingerprint density at radius 3 is 1.91 bits per heavy atom. The molecule has 2 N–H and O–H groups in total. The number of hydrogen-bond acceptors (Lipinski definition) is 4. The highest BCUT2D eigenvalue weighted by Gasteiger charge is 2.29. The van der Waals surface area contributed by atoms with E-state index in [1.165, 1.54) is 0 Å². The number of benzene rings is 2. The maximum Gasteiger partial charge on any atom is 0.115 e. The van der Waals surface area contributed by atoms with Gasteiger partial charge in [0.05, 0.1) is 18.8 Å². The minimum Gasteiger partial charge on any atom is -0.508 e. The Morgan fingerprint density at radius 2 is 1.43 bits per heavy atom. The molecule has 0 unspecified atom stereocenters. The predicted molar refractivity (Wildman–Crippen MR) is 94.0 cm³/mol. The smallest absolute Gasteiger partial charge is 0.115 e. The molecule has 0 saturated heterocycles. The molecular weight excluding hydrogens is 308 g/mol. The number of aliphatic hydroxyl groups is 1. The Labute approximate surface area is 142 Å². The van der Waals surface area contributed by atoms with Crippen LogP contribution < -0.4 is 0 Å². The van der Waals surface area contributed by atoms with Crippen molar-refractivity contribution < 1.29 is 14.9 Å². The largest absolute Gasteiger partial charge is 0.508 e. The van der Waals surface area contributed by atoms with Gasteiger partial charge < -0.3 is 14.9 Å². The summed E-state index contributed by atoms with van der Waals surface area (Å²) in [5.74, 6) is 0.279. The van der Waals surface area contributed by atoms with Crippen LogP contribution in [0, 0.1) is 0 Å². The monoisotopic (exact) mass is 332 g/mol. The molecule has 0 amide bonds. The summed E-state index contributed by atoms with van der Waals surface area (Å²) in [6, 6.07) is 15.6. The molecule has 0 spiro atoms. The molecule has 2 aromatic rings. The van der Waals surface area contributed by atoms with E-state index in [1.807, 2.05) is 12.1 Å². The van der Waals surface area contributed by atoms with Gasteiger partial charge in [-0.1, -0.05) is 37.7 Å². The van der Waals surface area contributed by atoms with Crippen molar-refractivity contribution in [3.05, 3.63) is 54.1 Å². The number of ether oxygens (including phenoxy) is 1. The summed E-state index contributed by atoms with van der Waals surface area (Å²) in [4.78, 5) is 2.23. The molecule has 0 atom stereocenters. The van der Waals surface area contributed by atoms with Crippen LogP contribution in [0.4, 0.5) is 0 Å². The molecule has 2 aromatic carbocycles. The minimum absolute atomic E-state index is 0.0382. The van der Waals surface area contributed by atoms with Gasteiger partial charge >= 0.3 is 0 Å². The first kappa shape index (κ1) is 17.9. The quantitative estimate of drug-likeness (QED) is 0.743. The second-order valence-corrected chi connectivity index (χ2v) is 6.54. The number of rotatable bonds is 8. The molecule has 23 heavy (non-hydrogen) atoms. The van der Waals surface area contributed by atoms with Gasteiger partial charge in [-0.25, -0.2) is 0 Å². The maximum atomic E-state index is 9.33. The molecule has 0 aliphatic heterocycles. The van der Waals surface area contributed by atoms with Crippen LogP contribution in [0.2, 0.25) is 0 Å². The van der Waals surface area contributed by atoms with Gasteiger partial charge in [0.25, 0.3) is 0 Å². The lowest BCUT2D eigenvalue weighted by Gasteiger charge is -2.32. The summed E-state index contributed by atoms with van der Waals surface area (Å²) in [7, 11) is 0. The molecule has 0 aliphatic carbocycles. The molecule has 0 aliphatic rings. The average Bonchev–Trinajstić information content (AvgIpc) is 2.59. The van der Waals surface area contributed by atoms with Crippen LogP contribution in [-0.2, 0) is 10.3 Å². The fraction of sp³-hybridized carbons (Fsp3) is 0.368. The second kappa shape index (κ2) is 8.39. The molecule has 2 rings (SSSR count). The van der Waals surface area contributed by atoms with E-state index in [9.17, 15) is 5.11 Å². The van der Waals surface area contributed by atoms with Crippen molar-refractivity contribution in [3.63, 3.8) is 0 Å². The molecule has 3 nitrogen and oxygen atoms in total. The fourth-order valence-corrected chi connectivity index (χ4v) is 3.48. The summed E-state index contributed by atoms with van der Waals surface area (Å²) in [6.45, 7) is 4.61. The van der Waals surface area contributed by atoms with E-state index < -0.39 is 0 Å². The van der Waals surface area contributed by atoms with Gasteiger partial charge in [0.15, 0.2) is 0 Å². The molecule has 0 aromatic heterocycles. The summed E-state index contributed by atoms with van der Waals surface area (Å²) >= 11 is 1.66. The summed E-state index contributed by atoms with van der Waals surface area (Å²) in [5, 5.41) is 18.4. The van der Waals surface area contributed by atoms with E-state index in [0.29, 0.717) is 6.61 Å². The van der Waals surface area contributed by atoms with Crippen LogP contribution in [0.25, 0.3) is 0 Å². The third kappa shape index (κ3) is 4.50. The summed E-state index contributed by atoms with van der Waals surface area (Å²) in [6.07, 6.45) is 1.74. The Hall–Kier alpha value is -1.49. The lowest BCUT2D eigenvalue weighted by Crippen LogP contribution is -2.29. The van der Waals surface area contributed by atoms with Crippen LogP contribution >= 0.6 is 11.8 Å². The standard InChI is InChI=1S/C19H24O3S/c1-3-19(4-2,22-14-13-20)15-5-9-17(10-6-15)23-18-11-7-16(21)8-12-18/h5-12,20-21H,3-4,13-14H2,1-2H3. The van der Waals surface area contributed by atoms with E-state index in [-0.39, 0.29) is 18.0 Å². The predicted octanol–water partition coefficient (Wildman–Crippen LogP) is 4.57. The van der Waals surface area contributed by atoms with E-state index in [4.69, 9.17) is 9.84 Å². The highest BCUT2D eigenvalue weighted by molar-refractivity contribution is 7.99. The highest BCUT2D eigenvalue weighted by Crippen LogP contribution is 2.35. The number of aliphatic hydroxyl groups excluding tert-OH is 1. The van der Waals surface area contributed by atoms with Crippen molar-refractivity contribution in [2.24, 2.45) is 0 Å². The van der Waals surface area contributed by atoms with Gasteiger partial charge in [-0.05, 0) is 54.8 Å². The summed E-state index contributed by atoms with van der Waals surface area (Å²) in [5.41, 5.74) is 0.816. The average molecular weight is 332 g/mol. The Kier molecular flexibility index (Phi) is 6.51. The number of phenolic OH excluding ortho intramolecular Hbond substituents is 1. The molecule has 0 bridgehead atoms. The van der Waals surface area contributed by atoms with Crippen molar-refractivity contribution >= 4 is 11.8 Å². The lowest BCUT2D eigenvalue weighted by molar-refractivity contribution is -0.0687. The molecule has 4 heteroatoms. The van der Waals surface area contributed by atoms with Crippen LogP contribution in [-0.4, -0.2) is 23.4 Å². The Balaban J connectivity index is 2.15. The Morgan fingerprint density at radius 1 is 0.913 bits per heavy atom. The maximum absolute atomic E-state index is 9.33. The first-order chi connectivity index (χ1) is 11.1. The third-order valence-corrected chi connectivity index (χ3v) is 5.08. The zero-order chi connectivity index (χ0) is 16.7. The van der Waals surface area contributed by atoms with E-state index in [0.717, 1.165) is 28.2 Å². The Bertz CT molecular complexity index is 589. The molecule has 124 valence electrons. The zero-order valence-electron chi connectivity index (χ0n) is 13.7. The SMILES string of the molecule is CCC(CC)(OCCO)c1ccc(Sc2ccc(O)cc2)cc1. The lowest BCUT2D eigenvalue weighted by atomic mass is 9.88. The first-order valence-electron chi connectivity index (χ1n) is 7.95. The van der Waals surface area contributed by atoms with Crippen molar-refractivity contribution in [1.29, 1.82) is 0 Å². The van der Waals surface area contributed by atoms with Gasteiger partial charge in [0, 0.05) is 9.79 Å². The van der Waals surface area contributed by atoms with Crippen molar-refractivity contribution in [3.8, 4) is 5.75 Å². The van der Waals surface area contributed by atoms with E-state index in [2.05, 4.69) is 38.1 Å². The van der Waals surface area contributed by atoms with Gasteiger partial charge in [-0.2, -0.15) is 0 Å². The molecular formula is C19H24O3S. The molecule has 0 radical (unpaired) electrons. The number of hydrogen-bond donors (Lipinski definition) is 2. The van der Waals surface area contributed by atoms with E-state index >= 15 is 0 Å². The van der Waals surface area contributed by atoms with E-state index in [1.54, 1.807) is 23.9 Å². The number of phenols is 1. The van der Waals surface area contributed by atoms with Crippen LogP contribution in [0.5, 0.6) is 5.75 Å². The van der Waals surface area contributed by atoms with Crippen LogP contribution in [0.3, 0.4) is 0 Å². The fourth-order valence-electron chi connectivity index (χ4n) is 2.66. The van der Waals surface area contributed by atoms with Crippen molar-refractivity contribution in [2.45, 2.75) is 42.1 Å². The summed E-state index contributed by atoms with van der Waals surface area (Å²) < 4.78 is 5.95. The topological polar surface area (TPSA) is 49.7 Å². The molecule has 0 heterocycles. The molecule has 0 saturated carbocycles. The van der Waals surface area contributed by atoms with Gasteiger partial charge in [-0.3, -0.25) is 0 Å². The number of aromatic hydroxyl groups is 1. The van der Waals surface area contributed by atoms with Gasteiger partial charge in [0.1, 0.15) is 5.75 Å². The van der Waals surface area contributed by atoms with Crippen LogP contribution in [0.15, 0.2) is 58.3 Å². The van der Waals surface area contributed by atoms with Crippen molar-refractivity contribution in [2.75, 3.05) is 13.2 Å². The molecule has 0 fully saturated rings. The van der Waals surface area contributed by atoms with Crippen molar-refractivity contribution in [1.82, 2.24) is 0 Å². The zero-order valence-corrected chi connectivity index (χ0v) is 14.5.